The first-order chi connectivity index (χ1) is 9.25. The minimum atomic E-state index is -1.23. The van der Waals surface area contributed by atoms with E-state index in [0.717, 1.165) is 17.9 Å². The standard InChI is InChI=1S/C13H23NO3S3/c1-12(2,3)20(17)14-10(8-9-4-5-9)13(11(15)16)18-6-7-19-13/h9-10,14H,4-8H2,1-3H3,(H,15,16)/t10-,20?/m0/s1. The van der Waals surface area contributed by atoms with Crippen LogP contribution in [0.2, 0.25) is 0 Å². The largest absolute Gasteiger partial charge is 0.598 e. The summed E-state index contributed by atoms with van der Waals surface area (Å²) in [6.45, 7) is 5.73. The van der Waals surface area contributed by atoms with Gasteiger partial charge >= 0.3 is 5.97 Å². The molecule has 1 unspecified atom stereocenters. The zero-order valence-electron chi connectivity index (χ0n) is 12.2. The Bertz CT molecular complexity index is 362. The Balaban J connectivity index is 2.15. The number of carboxylic acids is 1. The van der Waals surface area contributed by atoms with E-state index in [1.54, 1.807) is 0 Å². The Morgan fingerprint density at radius 3 is 2.40 bits per heavy atom. The predicted octanol–water partition coefficient (Wildman–Crippen LogP) is 2.47. The number of hydrogen-bond acceptors (Lipinski definition) is 5. The van der Waals surface area contributed by atoms with Crippen LogP contribution in [0, 0.1) is 5.92 Å². The Labute approximate surface area is 132 Å². The maximum absolute atomic E-state index is 12.4. The van der Waals surface area contributed by atoms with Crippen molar-refractivity contribution >= 4 is 40.9 Å². The molecule has 0 radical (unpaired) electrons. The van der Waals surface area contributed by atoms with Gasteiger partial charge in [-0.05, 0) is 33.1 Å². The smallest absolute Gasteiger partial charge is 0.331 e. The van der Waals surface area contributed by atoms with Gasteiger partial charge in [-0.1, -0.05) is 12.8 Å². The summed E-state index contributed by atoms with van der Waals surface area (Å²) in [6.07, 6.45) is 3.16. The molecular weight excluding hydrogens is 314 g/mol. The first-order valence-corrected chi connectivity index (χ1v) is 10.1. The van der Waals surface area contributed by atoms with E-state index in [2.05, 4.69) is 4.72 Å². The van der Waals surface area contributed by atoms with Gasteiger partial charge in [-0.15, -0.1) is 28.2 Å². The van der Waals surface area contributed by atoms with Crippen LogP contribution in [0.15, 0.2) is 0 Å². The predicted molar refractivity (Wildman–Crippen MR) is 87.4 cm³/mol. The number of carbonyl (C=O) groups is 1. The van der Waals surface area contributed by atoms with Crippen LogP contribution in [0.3, 0.4) is 0 Å². The third-order valence-electron chi connectivity index (χ3n) is 3.54. The molecule has 4 nitrogen and oxygen atoms in total. The van der Waals surface area contributed by atoms with E-state index in [9.17, 15) is 14.5 Å². The molecule has 0 aromatic carbocycles. The fourth-order valence-corrected chi connectivity index (χ4v) is 6.28. The quantitative estimate of drug-likeness (QED) is 0.726. The van der Waals surface area contributed by atoms with Gasteiger partial charge in [-0.2, -0.15) is 0 Å². The molecule has 2 fully saturated rings. The summed E-state index contributed by atoms with van der Waals surface area (Å²) in [5.41, 5.74) is 0. The molecule has 7 heteroatoms. The molecule has 1 saturated carbocycles. The molecule has 2 aliphatic rings. The lowest BCUT2D eigenvalue weighted by Gasteiger charge is -2.35. The third-order valence-corrected chi connectivity index (χ3v) is 8.71. The zero-order chi connectivity index (χ0) is 15.0. The third kappa shape index (κ3) is 3.80. The Morgan fingerprint density at radius 2 is 2.00 bits per heavy atom. The minimum absolute atomic E-state index is 0.231. The number of hydrogen-bond donors (Lipinski definition) is 2. The van der Waals surface area contributed by atoms with Gasteiger partial charge in [-0.25, -0.2) is 4.79 Å². The highest BCUT2D eigenvalue weighted by Crippen LogP contribution is 2.50. The molecule has 1 aliphatic heterocycles. The van der Waals surface area contributed by atoms with Gasteiger partial charge in [0.1, 0.15) is 4.75 Å². The van der Waals surface area contributed by atoms with Crippen LogP contribution in [-0.4, -0.2) is 42.0 Å². The first kappa shape index (κ1) is 16.8. The number of thioether (sulfide) groups is 2. The second kappa shape index (κ2) is 6.28. The topological polar surface area (TPSA) is 72.4 Å². The van der Waals surface area contributed by atoms with Crippen molar-refractivity contribution in [3.63, 3.8) is 0 Å². The fourth-order valence-electron chi connectivity index (χ4n) is 2.18. The van der Waals surface area contributed by atoms with Gasteiger partial charge in [0.25, 0.3) is 0 Å². The summed E-state index contributed by atoms with van der Waals surface area (Å²) < 4.78 is 14.3. The summed E-state index contributed by atoms with van der Waals surface area (Å²) >= 11 is 1.76. The van der Waals surface area contributed by atoms with E-state index < -0.39 is 21.4 Å². The molecule has 1 aliphatic carbocycles. The van der Waals surface area contributed by atoms with Gasteiger partial charge in [-0.3, -0.25) is 0 Å². The molecule has 2 N–H and O–H groups in total. The summed E-state index contributed by atoms with van der Waals surface area (Å²) in [6, 6.07) is -0.231. The van der Waals surface area contributed by atoms with Crippen molar-refractivity contribution in [2.45, 2.75) is 54.9 Å². The second-order valence-electron chi connectivity index (χ2n) is 6.40. The average Bonchev–Trinajstić information content (AvgIpc) is 3.01. The number of rotatable bonds is 6. The summed E-state index contributed by atoms with van der Waals surface area (Å²) in [7, 11) is 0. The van der Waals surface area contributed by atoms with Gasteiger partial charge in [0, 0.05) is 22.9 Å². The van der Waals surface area contributed by atoms with E-state index in [1.807, 2.05) is 20.8 Å². The first-order valence-electron chi connectivity index (χ1n) is 6.95. The molecule has 2 atom stereocenters. The minimum Gasteiger partial charge on any atom is -0.598 e. The Hall–Kier alpha value is 0.440. The summed E-state index contributed by atoms with van der Waals surface area (Å²) in [5.74, 6) is 1.51. The lowest BCUT2D eigenvalue weighted by atomic mass is 10.1. The van der Waals surface area contributed by atoms with Crippen LogP contribution < -0.4 is 4.72 Å². The van der Waals surface area contributed by atoms with Crippen molar-refractivity contribution in [1.29, 1.82) is 0 Å². The van der Waals surface area contributed by atoms with E-state index >= 15 is 0 Å². The molecule has 0 aromatic rings. The van der Waals surface area contributed by atoms with Crippen molar-refractivity contribution < 1.29 is 14.5 Å². The maximum Gasteiger partial charge on any atom is 0.331 e. The molecule has 0 spiro atoms. The normalized spacial score (nSPS) is 25.4. The van der Waals surface area contributed by atoms with E-state index in [4.69, 9.17) is 0 Å². The average molecular weight is 338 g/mol. The molecule has 2 rings (SSSR count). The van der Waals surface area contributed by atoms with Crippen LogP contribution in [0.1, 0.15) is 40.0 Å². The van der Waals surface area contributed by atoms with Gasteiger partial charge < -0.3 is 9.66 Å². The number of carboxylic acid groups (broad SMARTS) is 1. The SMILES string of the molecule is CC(C)(C)[S+]([O-])N[C@@H](CC1CC1)C1(C(=O)O)SCCS1. The highest BCUT2D eigenvalue weighted by atomic mass is 32.2. The van der Waals surface area contributed by atoms with E-state index in [0.29, 0.717) is 5.92 Å². The lowest BCUT2D eigenvalue weighted by molar-refractivity contribution is -0.137. The van der Waals surface area contributed by atoms with Crippen molar-refractivity contribution in [2.24, 2.45) is 5.92 Å². The fraction of sp³-hybridized carbons (Fsp3) is 0.923. The molecule has 116 valence electrons. The molecule has 0 amide bonds. The van der Waals surface area contributed by atoms with Crippen LogP contribution in [0.25, 0.3) is 0 Å². The molecular formula is C13H23NO3S3. The lowest BCUT2D eigenvalue weighted by Crippen LogP contribution is -2.55. The van der Waals surface area contributed by atoms with E-state index in [1.165, 1.54) is 36.4 Å². The molecule has 1 heterocycles. The van der Waals surface area contributed by atoms with Crippen molar-refractivity contribution in [2.75, 3.05) is 11.5 Å². The summed E-state index contributed by atoms with van der Waals surface area (Å²) in [5, 5.41) is 9.70. The van der Waals surface area contributed by atoms with Crippen molar-refractivity contribution in [3.8, 4) is 0 Å². The highest BCUT2D eigenvalue weighted by Gasteiger charge is 2.53. The molecule has 20 heavy (non-hydrogen) atoms. The Kier molecular flexibility index (Phi) is 5.28. The van der Waals surface area contributed by atoms with Gasteiger partial charge in [0.05, 0.1) is 6.04 Å². The monoisotopic (exact) mass is 337 g/mol. The van der Waals surface area contributed by atoms with E-state index in [-0.39, 0.29) is 10.8 Å². The second-order valence-corrected chi connectivity index (χ2v) is 11.3. The van der Waals surface area contributed by atoms with Crippen LogP contribution >= 0.6 is 23.5 Å². The van der Waals surface area contributed by atoms with Gasteiger partial charge in [0.2, 0.25) is 0 Å². The van der Waals surface area contributed by atoms with Crippen LogP contribution in [0.4, 0.5) is 0 Å². The number of nitrogens with one attached hydrogen (secondary N) is 1. The molecule has 0 bridgehead atoms. The van der Waals surface area contributed by atoms with Crippen LogP contribution in [0.5, 0.6) is 0 Å². The number of aliphatic carboxylic acids is 1. The molecule has 1 saturated heterocycles. The maximum atomic E-state index is 12.4. The van der Waals surface area contributed by atoms with Crippen LogP contribution in [-0.2, 0) is 16.2 Å². The van der Waals surface area contributed by atoms with Crippen molar-refractivity contribution in [3.05, 3.63) is 0 Å². The highest BCUT2D eigenvalue weighted by molar-refractivity contribution is 8.22. The summed E-state index contributed by atoms with van der Waals surface area (Å²) in [4.78, 5) is 11.8. The van der Waals surface area contributed by atoms with Gasteiger partial charge in [0.15, 0.2) is 4.08 Å². The van der Waals surface area contributed by atoms with Crippen molar-refractivity contribution in [1.82, 2.24) is 4.72 Å². The Morgan fingerprint density at radius 1 is 1.45 bits per heavy atom. The molecule has 0 aromatic heterocycles. The zero-order valence-corrected chi connectivity index (χ0v) is 14.6.